The molecule has 1 atom stereocenters. The molecular weight excluding hydrogens is 322 g/mol. The third-order valence-electron chi connectivity index (χ3n) is 3.39. The monoisotopic (exact) mass is 343 g/mol. The van der Waals surface area contributed by atoms with Crippen LogP contribution in [0.1, 0.15) is 12.5 Å². The van der Waals surface area contributed by atoms with Gasteiger partial charge in [-0.15, -0.1) is 0 Å². The molecule has 7 heteroatoms. The molecule has 1 heterocycles. The standard InChI is InChI=1S/C18H21N3O4/c1-13(18(23)20-11-14-6-5-9-19-10-14)21-17(22)12-25-16-8-4-3-7-15(16)24-2/h3-10,13H,11-12H2,1-2H3,(H,20,23)(H,21,22)/t13-/m0/s1. The Morgan fingerprint density at radius 2 is 1.92 bits per heavy atom. The zero-order valence-corrected chi connectivity index (χ0v) is 14.2. The predicted molar refractivity (Wildman–Crippen MR) is 92.2 cm³/mol. The minimum absolute atomic E-state index is 0.208. The number of carbonyl (C=O) groups is 2. The van der Waals surface area contributed by atoms with E-state index in [9.17, 15) is 9.59 Å². The van der Waals surface area contributed by atoms with Gasteiger partial charge in [0.1, 0.15) is 6.04 Å². The summed E-state index contributed by atoms with van der Waals surface area (Å²) in [6, 6.07) is 10.0. The first-order valence-electron chi connectivity index (χ1n) is 7.82. The van der Waals surface area contributed by atoms with Crippen LogP contribution in [0, 0.1) is 0 Å². The van der Waals surface area contributed by atoms with Crippen LogP contribution >= 0.6 is 0 Å². The van der Waals surface area contributed by atoms with Crippen LogP contribution in [0.2, 0.25) is 0 Å². The highest BCUT2D eigenvalue weighted by molar-refractivity contribution is 5.87. The van der Waals surface area contributed by atoms with Crippen molar-refractivity contribution in [3.05, 3.63) is 54.4 Å². The number of carbonyl (C=O) groups excluding carboxylic acids is 2. The molecule has 2 aromatic rings. The third-order valence-corrected chi connectivity index (χ3v) is 3.39. The minimum atomic E-state index is -0.676. The fourth-order valence-corrected chi connectivity index (χ4v) is 2.08. The number of nitrogens with zero attached hydrogens (tertiary/aromatic N) is 1. The number of aromatic nitrogens is 1. The van der Waals surface area contributed by atoms with Crippen molar-refractivity contribution in [2.75, 3.05) is 13.7 Å². The van der Waals surface area contributed by atoms with Crippen molar-refractivity contribution >= 4 is 11.8 Å². The number of nitrogens with one attached hydrogen (secondary N) is 2. The summed E-state index contributed by atoms with van der Waals surface area (Å²) < 4.78 is 10.6. The molecule has 0 saturated carbocycles. The fourth-order valence-electron chi connectivity index (χ4n) is 2.08. The Bertz CT molecular complexity index is 706. The summed E-state index contributed by atoms with van der Waals surface area (Å²) >= 11 is 0. The fraction of sp³-hybridized carbons (Fsp3) is 0.278. The van der Waals surface area contributed by atoms with E-state index in [1.807, 2.05) is 6.07 Å². The number of amides is 2. The first kappa shape index (κ1) is 18.3. The smallest absolute Gasteiger partial charge is 0.258 e. The molecule has 1 aromatic carbocycles. The molecule has 2 amide bonds. The second-order valence-corrected chi connectivity index (χ2v) is 5.31. The first-order chi connectivity index (χ1) is 12.1. The van der Waals surface area contributed by atoms with Gasteiger partial charge < -0.3 is 20.1 Å². The molecule has 25 heavy (non-hydrogen) atoms. The molecule has 0 aliphatic rings. The molecule has 132 valence electrons. The Balaban J connectivity index is 1.76. The van der Waals surface area contributed by atoms with Crippen LogP contribution in [-0.2, 0) is 16.1 Å². The van der Waals surface area contributed by atoms with Crippen molar-refractivity contribution in [2.45, 2.75) is 19.5 Å². The quantitative estimate of drug-likeness (QED) is 0.754. The van der Waals surface area contributed by atoms with E-state index < -0.39 is 11.9 Å². The molecule has 0 aliphatic carbocycles. The maximum absolute atomic E-state index is 12.0. The molecule has 7 nitrogen and oxygen atoms in total. The van der Waals surface area contributed by atoms with Crippen LogP contribution in [-0.4, -0.2) is 36.6 Å². The number of rotatable bonds is 8. The predicted octanol–water partition coefficient (Wildman–Crippen LogP) is 1.29. The van der Waals surface area contributed by atoms with Crippen LogP contribution in [0.15, 0.2) is 48.8 Å². The Kier molecular flexibility index (Phi) is 6.76. The molecule has 0 bridgehead atoms. The van der Waals surface area contributed by atoms with Gasteiger partial charge >= 0.3 is 0 Å². The number of hydrogen-bond acceptors (Lipinski definition) is 5. The summed E-state index contributed by atoms with van der Waals surface area (Å²) in [6.07, 6.45) is 3.33. The van der Waals surface area contributed by atoms with E-state index in [0.717, 1.165) is 5.56 Å². The summed E-state index contributed by atoms with van der Waals surface area (Å²) in [5.41, 5.74) is 0.883. The topological polar surface area (TPSA) is 89.5 Å². The van der Waals surface area contributed by atoms with Crippen molar-refractivity contribution in [1.29, 1.82) is 0 Å². The van der Waals surface area contributed by atoms with Crippen molar-refractivity contribution in [1.82, 2.24) is 15.6 Å². The lowest BCUT2D eigenvalue weighted by molar-refractivity contribution is -0.129. The number of ether oxygens (including phenoxy) is 2. The average Bonchev–Trinajstić information content (AvgIpc) is 2.65. The van der Waals surface area contributed by atoms with Crippen LogP contribution in [0.5, 0.6) is 11.5 Å². The van der Waals surface area contributed by atoms with Crippen LogP contribution in [0.3, 0.4) is 0 Å². The summed E-state index contributed by atoms with van der Waals surface area (Å²) in [5.74, 6) is 0.329. The van der Waals surface area contributed by atoms with Crippen LogP contribution in [0.25, 0.3) is 0 Å². The van der Waals surface area contributed by atoms with Gasteiger partial charge in [0.25, 0.3) is 5.91 Å². The average molecular weight is 343 g/mol. The maximum atomic E-state index is 12.0. The highest BCUT2D eigenvalue weighted by Gasteiger charge is 2.16. The van der Waals surface area contributed by atoms with Gasteiger partial charge in [-0.1, -0.05) is 18.2 Å². The maximum Gasteiger partial charge on any atom is 0.258 e. The Morgan fingerprint density at radius 3 is 2.60 bits per heavy atom. The second kappa shape index (κ2) is 9.27. The van der Waals surface area contributed by atoms with E-state index in [4.69, 9.17) is 9.47 Å². The van der Waals surface area contributed by atoms with Gasteiger partial charge in [-0.3, -0.25) is 14.6 Å². The number of hydrogen-bond donors (Lipinski definition) is 2. The summed E-state index contributed by atoms with van der Waals surface area (Å²) in [6.45, 7) is 1.75. The largest absolute Gasteiger partial charge is 0.493 e. The molecule has 0 fully saturated rings. The Hall–Kier alpha value is -3.09. The molecule has 0 unspecified atom stereocenters. The Morgan fingerprint density at radius 1 is 1.16 bits per heavy atom. The third kappa shape index (κ3) is 5.80. The number of para-hydroxylation sites is 2. The summed E-state index contributed by atoms with van der Waals surface area (Å²) in [5, 5.41) is 5.33. The van der Waals surface area contributed by atoms with Gasteiger partial charge in [0.15, 0.2) is 18.1 Å². The lowest BCUT2D eigenvalue weighted by Gasteiger charge is -2.15. The molecule has 0 aliphatic heterocycles. The molecule has 0 spiro atoms. The van der Waals surface area contributed by atoms with Gasteiger partial charge in [-0.05, 0) is 30.7 Å². The SMILES string of the molecule is COc1ccccc1OCC(=O)N[C@@H](C)C(=O)NCc1cccnc1. The van der Waals surface area contributed by atoms with Crippen molar-refractivity contribution in [2.24, 2.45) is 0 Å². The lowest BCUT2D eigenvalue weighted by Crippen LogP contribution is -2.46. The first-order valence-corrected chi connectivity index (χ1v) is 7.82. The van der Waals surface area contributed by atoms with Crippen LogP contribution in [0.4, 0.5) is 0 Å². The van der Waals surface area contributed by atoms with E-state index in [1.165, 1.54) is 7.11 Å². The van der Waals surface area contributed by atoms with E-state index in [2.05, 4.69) is 15.6 Å². The van der Waals surface area contributed by atoms with Crippen molar-refractivity contribution < 1.29 is 19.1 Å². The molecule has 2 N–H and O–H groups in total. The zero-order valence-electron chi connectivity index (χ0n) is 14.2. The molecular formula is C18H21N3O4. The summed E-state index contributed by atoms with van der Waals surface area (Å²) in [7, 11) is 1.52. The molecule has 0 radical (unpaired) electrons. The molecule has 1 aromatic heterocycles. The van der Waals surface area contributed by atoms with Crippen molar-refractivity contribution in [3.8, 4) is 11.5 Å². The number of benzene rings is 1. The van der Waals surface area contributed by atoms with E-state index in [-0.39, 0.29) is 12.5 Å². The normalized spacial score (nSPS) is 11.3. The van der Waals surface area contributed by atoms with E-state index in [0.29, 0.717) is 18.0 Å². The lowest BCUT2D eigenvalue weighted by atomic mass is 10.2. The van der Waals surface area contributed by atoms with Gasteiger partial charge in [-0.2, -0.15) is 0 Å². The minimum Gasteiger partial charge on any atom is -0.493 e. The second-order valence-electron chi connectivity index (χ2n) is 5.31. The van der Waals surface area contributed by atoms with Gasteiger partial charge in [0.05, 0.1) is 7.11 Å². The number of pyridine rings is 1. The zero-order chi connectivity index (χ0) is 18.1. The highest BCUT2D eigenvalue weighted by Crippen LogP contribution is 2.25. The Labute approximate surface area is 146 Å². The highest BCUT2D eigenvalue weighted by atomic mass is 16.5. The molecule has 2 rings (SSSR count). The van der Waals surface area contributed by atoms with Crippen LogP contribution < -0.4 is 20.1 Å². The van der Waals surface area contributed by atoms with Gasteiger partial charge in [0, 0.05) is 18.9 Å². The van der Waals surface area contributed by atoms with E-state index >= 15 is 0 Å². The van der Waals surface area contributed by atoms with Gasteiger partial charge in [-0.25, -0.2) is 0 Å². The van der Waals surface area contributed by atoms with E-state index in [1.54, 1.807) is 49.6 Å². The summed E-state index contributed by atoms with van der Waals surface area (Å²) in [4.78, 5) is 27.9. The van der Waals surface area contributed by atoms with Gasteiger partial charge in [0.2, 0.25) is 5.91 Å². The number of methoxy groups -OCH3 is 1. The van der Waals surface area contributed by atoms with Crippen molar-refractivity contribution in [3.63, 3.8) is 0 Å². The molecule has 0 saturated heterocycles.